The van der Waals surface area contributed by atoms with Gasteiger partial charge in [-0.25, -0.2) is 0 Å². The molecule has 0 aliphatic carbocycles. The summed E-state index contributed by atoms with van der Waals surface area (Å²) in [7, 11) is 1.47. The van der Waals surface area contributed by atoms with Crippen molar-refractivity contribution in [3.05, 3.63) is 12.7 Å². The zero-order chi connectivity index (χ0) is 16.6. The molecule has 0 saturated heterocycles. The first-order valence-corrected chi connectivity index (χ1v) is 9.32. The van der Waals surface area contributed by atoms with Crippen LogP contribution in [0.5, 0.6) is 0 Å². The van der Waals surface area contributed by atoms with Gasteiger partial charge < -0.3 is 4.74 Å². The number of carbonyl (C=O) groups excluding carboxylic acids is 1. The largest absolute Gasteiger partial charge is 0.469 e. The summed E-state index contributed by atoms with van der Waals surface area (Å²) in [4.78, 5) is 11.3. The van der Waals surface area contributed by atoms with Gasteiger partial charge in [0.05, 0.1) is 13.0 Å². The first-order chi connectivity index (χ1) is 10.6. The van der Waals surface area contributed by atoms with Crippen LogP contribution in [0, 0.1) is 11.8 Å². The Morgan fingerprint density at radius 2 is 1.27 bits per heavy atom. The van der Waals surface area contributed by atoms with Crippen molar-refractivity contribution < 1.29 is 9.53 Å². The number of methoxy groups -OCH3 is 1. The first-order valence-electron chi connectivity index (χ1n) is 9.32. The Morgan fingerprint density at radius 3 is 1.68 bits per heavy atom. The molecule has 0 rings (SSSR count). The van der Waals surface area contributed by atoms with Crippen LogP contribution in [0.4, 0.5) is 0 Å². The van der Waals surface area contributed by atoms with Crippen LogP contribution in [0.3, 0.4) is 0 Å². The fraction of sp³-hybridized carbons (Fsp3) is 0.850. The van der Waals surface area contributed by atoms with E-state index in [4.69, 9.17) is 4.74 Å². The van der Waals surface area contributed by atoms with Crippen molar-refractivity contribution in [3.8, 4) is 0 Å². The fourth-order valence-electron chi connectivity index (χ4n) is 2.77. The van der Waals surface area contributed by atoms with Crippen molar-refractivity contribution in [2.45, 2.75) is 90.9 Å². The molecule has 0 aromatic heterocycles. The molecule has 22 heavy (non-hydrogen) atoms. The van der Waals surface area contributed by atoms with Gasteiger partial charge in [0.25, 0.3) is 0 Å². The molecule has 2 unspecified atom stereocenters. The lowest BCUT2D eigenvalue weighted by atomic mass is 10.0. The van der Waals surface area contributed by atoms with Crippen LogP contribution in [-0.2, 0) is 9.53 Å². The van der Waals surface area contributed by atoms with E-state index in [9.17, 15) is 4.79 Å². The predicted octanol–water partition coefficient (Wildman–Crippen LogP) is 6.30. The highest BCUT2D eigenvalue weighted by molar-refractivity contribution is 5.71. The van der Waals surface area contributed by atoms with Crippen molar-refractivity contribution in [2.75, 3.05) is 7.11 Å². The van der Waals surface area contributed by atoms with Crippen molar-refractivity contribution in [3.63, 3.8) is 0 Å². The highest BCUT2D eigenvalue weighted by Crippen LogP contribution is 2.15. The van der Waals surface area contributed by atoms with Crippen LogP contribution >= 0.6 is 0 Å². The highest BCUT2D eigenvalue weighted by Gasteiger charge is 2.11. The van der Waals surface area contributed by atoms with E-state index in [0.29, 0.717) is 5.92 Å². The Balaban J connectivity index is 3.17. The summed E-state index contributed by atoms with van der Waals surface area (Å²) in [5.41, 5.74) is 0. The molecule has 2 nitrogen and oxygen atoms in total. The van der Waals surface area contributed by atoms with Crippen LogP contribution in [0.2, 0.25) is 0 Å². The van der Waals surface area contributed by atoms with Crippen LogP contribution in [0.1, 0.15) is 90.9 Å². The zero-order valence-corrected chi connectivity index (χ0v) is 15.2. The third kappa shape index (κ3) is 12.9. The highest BCUT2D eigenvalue weighted by atomic mass is 16.5. The molecular weight excluding hydrogens is 272 g/mol. The van der Waals surface area contributed by atoms with Gasteiger partial charge in [0.2, 0.25) is 0 Å². The van der Waals surface area contributed by atoms with Crippen molar-refractivity contribution in [1.82, 2.24) is 0 Å². The molecule has 2 heteroatoms. The molecule has 0 radical (unpaired) electrons. The molecule has 2 atom stereocenters. The number of carbonyl (C=O) groups is 1. The molecule has 0 N–H and O–H groups in total. The molecule has 0 aliphatic heterocycles. The average molecular weight is 311 g/mol. The monoisotopic (exact) mass is 310 g/mol. The number of rotatable bonds is 15. The lowest BCUT2D eigenvalue weighted by Crippen LogP contribution is -2.12. The zero-order valence-electron chi connectivity index (χ0n) is 15.2. The first kappa shape index (κ1) is 21.2. The van der Waals surface area contributed by atoms with Crippen LogP contribution in [0.15, 0.2) is 12.7 Å². The summed E-state index contributed by atoms with van der Waals surface area (Å²) in [5.74, 6) is 0.679. The van der Waals surface area contributed by atoms with Gasteiger partial charge >= 0.3 is 5.97 Å². The van der Waals surface area contributed by atoms with Crippen molar-refractivity contribution in [2.24, 2.45) is 11.8 Å². The standard InChI is InChI=1S/C20H38O2/c1-5-18(2)16-14-12-10-8-6-7-9-11-13-15-17-19(3)20(21)22-4/h5,18-19H,1,6-17H2,2-4H3. The molecule has 130 valence electrons. The molecule has 0 bridgehead atoms. The van der Waals surface area contributed by atoms with Gasteiger partial charge in [-0.2, -0.15) is 0 Å². The lowest BCUT2D eigenvalue weighted by molar-refractivity contribution is -0.145. The smallest absolute Gasteiger partial charge is 0.308 e. The second-order valence-electron chi connectivity index (χ2n) is 6.75. The van der Waals surface area contributed by atoms with Gasteiger partial charge in [0.15, 0.2) is 0 Å². The number of unbranched alkanes of at least 4 members (excludes halogenated alkanes) is 9. The second kappa shape index (κ2) is 15.1. The Kier molecular flexibility index (Phi) is 14.6. The molecule has 0 heterocycles. The van der Waals surface area contributed by atoms with Gasteiger partial charge in [-0.3, -0.25) is 4.79 Å². The summed E-state index contributed by atoms with van der Waals surface area (Å²) in [6, 6.07) is 0. The predicted molar refractivity (Wildman–Crippen MR) is 95.9 cm³/mol. The van der Waals surface area contributed by atoms with E-state index in [0.717, 1.165) is 12.8 Å². The molecule has 0 saturated carbocycles. The van der Waals surface area contributed by atoms with E-state index < -0.39 is 0 Å². The normalized spacial score (nSPS) is 13.6. The van der Waals surface area contributed by atoms with Gasteiger partial charge in [-0.1, -0.05) is 84.1 Å². The molecule has 0 amide bonds. The van der Waals surface area contributed by atoms with E-state index >= 15 is 0 Å². The van der Waals surface area contributed by atoms with E-state index in [-0.39, 0.29) is 11.9 Å². The summed E-state index contributed by atoms with van der Waals surface area (Å²) >= 11 is 0. The number of hydrogen-bond acceptors (Lipinski definition) is 2. The SMILES string of the molecule is C=CC(C)CCCCCCCCCCCCC(C)C(=O)OC. The van der Waals surface area contributed by atoms with Crippen LogP contribution in [0.25, 0.3) is 0 Å². The Labute approximate surface area is 138 Å². The molecule has 0 aromatic rings. The Morgan fingerprint density at radius 1 is 0.864 bits per heavy atom. The maximum Gasteiger partial charge on any atom is 0.308 e. The Bertz CT molecular complexity index is 273. The number of esters is 1. The lowest BCUT2D eigenvalue weighted by Gasteiger charge is -2.08. The van der Waals surface area contributed by atoms with Crippen LogP contribution in [-0.4, -0.2) is 13.1 Å². The number of hydrogen-bond donors (Lipinski definition) is 0. The van der Waals surface area contributed by atoms with Crippen molar-refractivity contribution >= 4 is 5.97 Å². The number of ether oxygens (including phenoxy) is 1. The molecule has 0 fully saturated rings. The summed E-state index contributed by atoms with van der Waals surface area (Å²) in [6.45, 7) is 8.04. The van der Waals surface area contributed by atoms with Gasteiger partial charge in [0.1, 0.15) is 0 Å². The van der Waals surface area contributed by atoms with Gasteiger partial charge in [-0.05, 0) is 18.8 Å². The maximum atomic E-state index is 11.3. The molecule has 0 aliphatic rings. The minimum Gasteiger partial charge on any atom is -0.469 e. The van der Waals surface area contributed by atoms with Crippen LogP contribution < -0.4 is 0 Å². The molecular formula is C20H38O2. The van der Waals surface area contributed by atoms with Gasteiger partial charge in [-0.15, -0.1) is 6.58 Å². The third-order valence-electron chi connectivity index (χ3n) is 4.55. The minimum atomic E-state index is -0.0671. The van der Waals surface area contributed by atoms with E-state index in [2.05, 4.69) is 19.6 Å². The van der Waals surface area contributed by atoms with E-state index in [1.54, 1.807) is 0 Å². The fourth-order valence-corrected chi connectivity index (χ4v) is 2.77. The number of allylic oxidation sites excluding steroid dienone is 1. The van der Waals surface area contributed by atoms with E-state index in [1.165, 1.54) is 71.3 Å². The van der Waals surface area contributed by atoms with Gasteiger partial charge in [0, 0.05) is 0 Å². The summed E-state index contributed by atoms with van der Waals surface area (Å²) in [5, 5.41) is 0. The minimum absolute atomic E-state index is 0.0637. The Hall–Kier alpha value is -0.790. The molecule has 0 aromatic carbocycles. The maximum absolute atomic E-state index is 11.3. The summed E-state index contributed by atoms with van der Waals surface area (Å²) < 4.78 is 4.74. The van der Waals surface area contributed by atoms with Crippen molar-refractivity contribution in [1.29, 1.82) is 0 Å². The average Bonchev–Trinajstić information content (AvgIpc) is 2.54. The third-order valence-corrected chi connectivity index (χ3v) is 4.55. The summed E-state index contributed by atoms with van der Waals surface area (Å²) in [6.07, 6.45) is 17.7. The molecule has 0 spiro atoms. The second-order valence-corrected chi connectivity index (χ2v) is 6.75. The van der Waals surface area contributed by atoms with E-state index in [1.807, 2.05) is 6.92 Å². The quantitative estimate of drug-likeness (QED) is 0.201. The topological polar surface area (TPSA) is 26.3 Å².